The summed E-state index contributed by atoms with van der Waals surface area (Å²) in [6.45, 7) is 2.18. The molecule has 0 unspecified atom stereocenters. The standard InChI is InChI=1S/C11H18Cl2O2/c1-2-3-4-5-6-8(12)10(13)11-9(7-14)15-11/h7-11H,2-6H2,1H3/t8-,9+,10-,11+/m1/s1. The molecule has 1 heterocycles. The maximum atomic E-state index is 10.4. The molecule has 15 heavy (non-hydrogen) atoms. The average molecular weight is 253 g/mol. The lowest BCUT2D eigenvalue weighted by Crippen LogP contribution is -2.23. The molecule has 2 nitrogen and oxygen atoms in total. The zero-order valence-corrected chi connectivity index (χ0v) is 10.5. The molecular formula is C11H18Cl2O2. The van der Waals surface area contributed by atoms with Crippen LogP contribution in [0, 0.1) is 0 Å². The van der Waals surface area contributed by atoms with Crippen molar-refractivity contribution in [2.24, 2.45) is 0 Å². The quantitative estimate of drug-likeness (QED) is 0.288. The summed E-state index contributed by atoms with van der Waals surface area (Å²) in [7, 11) is 0. The summed E-state index contributed by atoms with van der Waals surface area (Å²) >= 11 is 12.2. The fraction of sp³-hybridized carbons (Fsp3) is 0.909. The molecule has 1 fully saturated rings. The van der Waals surface area contributed by atoms with Crippen molar-refractivity contribution < 1.29 is 9.53 Å². The van der Waals surface area contributed by atoms with Crippen molar-refractivity contribution >= 4 is 29.5 Å². The lowest BCUT2D eigenvalue weighted by molar-refractivity contribution is -0.108. The van der Waals surface area contributed by atoms with Crippen LogP contribution >= 0.6 is 23.2 Å². The number of hydrogen-bond donors (Lipinski definition) is 0. The van der Waals surface area contributed by atoms with Gasteiger partial charge in [0.1, 0.15) is 12.2 Å². The molecule has 1 saturated heterocycles. The van der Waals surface area contributed by atoms with Gasteiger partial charge in [-0.25, -0.2) is 0 Å². The zero-order chi connectivity index (χ0) is 11.3. The molecule has 0 N–H and O–H groups in total. The number of epoxide rings is 1. The SMILES string of the molecule is CCCCCC[C@@H](Cl)[C@@H](Cl)[C@H]1O[C@H]1C=O. The van der Waals surface area contributed by atoms with Crippen LogP contribution in [0.5, 0.6) is 0 Å². The second-order valence-corrected chi connectivity index (χ2v) is 5.08. The van der Waals surface area contributed by atoms with E-state index in [1.165, 1.54) is 19.3 Å². The van der Waals surface area contributed by atoms with Gasteiger partial charge < -0.3 is 9.53 Å². The summed E-state index contributed by atoms with van der Waals surface area (Å²) in [5.74, 6) is 0. The van der Waals surface area contributed by atoms with E-state index in [0.29, 0.717) is 0 Å². The van der Waals surface area contributed by atoms with Crippen molar-refractivity contribution in [1.29, 1.82) is 0 Å². The maximum Gasteiger partial charge on any atom is 0.151 e. The van der Waals surface area contributed by atoms with Gasteiger partial charge in [-0.2, -0.15) is 0 Å². The third kappa shape index (κ3) is 4.29. The van der Waals surface area contributed by atoms with Gasteiger partial charge in [-0.05, 0) is 6.42 Å². The number of hydrogen-bond acceptors (Lipinski definition) is 2. The first-order chi connectivity index (χ1) is 7.20. The molecule has 0 amide bonds. The summed E-state index contributed by atoms with van der Waals surface area (Å²) < 4.78 is 5.09. The first-order valence-electron chi connectivity index (χ1n) is 5.59. The van der Waals surface area contributed by atoms with Gasteiger partial charge in [-0.3, -0.25) is 0 Å². The Morgan fingerprint density at radius 1 is 1.33 bits per heavy atom. The van der Waals surface area contributed by atoms with Crippen LogP contribution in [0.1, 0.15) is 39.0 Å². The Bertz CT molecular complexity index is 199. The molecule has 0 saturated carbocycles. The summed E-state index contributed by atoms with van der Waals surface area (Å²) in [5, 5.41) is -0.318. The van der Waals surface area contributed by atoms with Gasteiger partial charge >= 0.3 is 0 Å². The molecule has 0 aliphatic carbocycles. The van der Waals surface area contributed by atoms with Crippen molar-refractivity contribution in [3.63, 3.8) is 0 Å². The molecule has 1 rings (SSSR count). The van der Waals surface area contributed by atoms with E-state index in [4.69, 9.17) is 27.9 Å². The highest BCUT2D eigenvalue weighted by atomic mass is 35.5. The third-order valence-electron chi connectivity index (χ3n) is 2.69. The highest BCUT2D eigenvalue weighted by Crippen LogP contribution is 2.32. The van der Waals surface area contributed by atoms with Crippen LogP contribution in [0.2, 0.25) is 0 Å². The molecule has 0 radical (unpaired) electrons. The second-order valence-electron chi connectivity index (χ2n) is 4.01. The molecule has 4 heteroatoms. The molecule has 0 aromatic heterocycles. The van der Waals surface area contributed by atoms with E-state index in [9.17, 15) is 4.79 Å². The minimum absolute atomic E-state index is 0.0847. The van der Waals surface area contributed by atoms with Crippen molar-refractivity contribution in [3.05, 3.63) is 0 Å². The van der Waals surface area contributed by atoms with E-state index in [-0.39, 0.29) is 23.0 Å². The molecule has 0 aromatic rings. The minimum atomic E-state index is -0.315. The monoisotopic (exact) mass is 252 g/mol. The Hall–Kier alpha value is 0.210. The van der Waals surface area contributed by atoms with Gasteiger partial charge in [0, 0.05) is 0 Å². The van der Waals surface area contributed by atoms with Crippen LogP contribution in [-0.4, -0.2) is 29.2 Å². The second kappa shape index (κ2) is 6.72. The topological polar surface area (TPSA) is 29.6 Å². The smallest absolute Gasteiger partial charge is 0.151 e. The maximum absolute atomic E-state index is 10.4. The fourth-order valence-corrected chi connectivity index (χ4v) is 2.26. The first-order valence-corrected chi connectivity index (χ1v) is 6.47. The molecule has 0 bridgehead atoms. The molecule has 1 aliphatic heterocycles. The van der Waals surface area contributed by atoms with Crippen LogP contribution < -0.4 is 0 Å². The van der Waals surface area contributed by atoms with Gasteiger partial charge in [-0.15, -0.1) is 23.2 Å². The Morgan fingerprint density at radius 2 is 2.07 bits per heavy atom. The Morgan fingerprint density at radius 3 is 2.60 bits per heavy atom. The largest absolute Gasteiger partial charge is 0.360 e. The molecule has 0 aromatic carbocycles. The lowest BCUT2D eigenvalue weighted by atomic mass is 10.1. The van der Waals surface area contributed by atoms with Crippen molar-refractivity contribution in [3.8, 4) is 0 Å². The highest BCUT2D eigenvalue weighted by Gasteiger charge is 2.46. The molecule has 88 valence electrons. The van der Waals surface area contributed by atoms with Gasteiger partial charge in [0.2, 0.25) is 0 Å². The number of halogens is 2. The van der Waals surface area contributed by atoms with E-state index in [1.54, 1.807) is 0 Å². The summed E-state index contributed by atoms with van der Waals surface area (Å²) in [5.41, 5.74) is 0. The number of alkyl halides is 2. The van der Waals surface area contributed by atoms with E-state index >= 15 is 0 Å². The van der Waals surface area contributed by atoms with E-state index < -0.39 is 0 Å². The van der Waals surface area contributed by atoms with Crippen LogP contribution in [0.3, 0.4) is 0 Å². The summed E-state index contributed by atoms with van der Waals surface area (Å²) in [6, 6.07) is 0. The predicted molar refractivity (Wildman–Crippen MR) is 62.8 cm³/mol. The molecular weight excluding hydrogens is 235 g/mol. The Kier molecular flexibility index (Phi) is 5.95. The molecule has 0 spiro atoms. The van der Waals surface area contributed by atoms with E-state index in [0.717, 1.165) is 19.1 Å². The van der Waals surface area contributed by atoms with Crippen LogP contribution in [0.25, 0.3) is 0 Å². The van der Waals surface area contributed by atoms with Gasteiger partial charge in [0.05, 0.1) is 10.8 Å². The third-order valence-corrected chi connectivity index (χ3v) is 3.86. The summed E-state index contributed by atoms with van der Waals surface area (Å²) in [4.78, 5) is 10.4. The van der Waals surface area contributed by atoms with Crippen LogP contribution in [0.4, 0.5) is 0 Å². The van der Waals surface area contributed by atoms with E-state index in [2.05, 4.69) is 6.92 Å². The fourth-order valence-electron chi connectivity index (χ4n) is 1.63. The number of aldehydes is 1. The summed E-state index contributed by atoms with van der Waals surface area (Å²) in [6.07, 6.45) is 5.99. The number of ether oxygens (including phenoxy) is 1. The van der Waals surface area contributed by atoms with Gasteiger partial charge in [0.25, 0.3) is 0 Å². The predicted octanol–water partition coefficient (Wildman–Crippen LogP) is 3.14. The van der Waals surface area contributed by atoms with E-state index in [1.807, 2.05) is 0 Å². The number of carbonyl (C=O) groups excluding carboxylic acids is 1. The Balaban J connectivity index is 2.11. The van der Waals surface area contributed by atoms with Gasteiger partial charge in [-0.1, -0.05) is 32.6 Å². The number of unbranched alkanes of at least 4 members (excludes halogenated alkanes) is 3. The Labute approximate surface area is 101 Å². The molecule has 1 aliphatic rings. The van der Waals surface area contributed by atoms with Crippen molar-refractivity contribution in [2.45, 2.75) is 62.0 Å². The first kappa shape index (κ1) is 13.3. The minimum Gasteiger partial charge on any atom is -0.360 e. The van der Waals surface area contributed by atoms with Gasteiger partial charge in [0.15, 0.2) is 6.29 Å². The van der Waals surface area contributed by atoms with Crippen molar-refractivity contribution in [1.82, 2.24) is 0 Å². The number of carbonyl (C=O) groups is 1. The average Bonchev–Trinajstić information content (AvgIpc) is 3.02. The van der Waals surface area contributed by atoms with Crippen LogP contribution in [-0.2, 0) is 9.53 Å². The normalized spacial score (nSPS) is 28.5. The lowest BCUT2D eigenvalue weighted by Gasteiger charge is -2.13. The number of rotatable bonds is 8. The van der Waals surface area contributed by atoms with Crippen LogP contribution in [0.15, 0.2) is 0 Å². The van der Waals surface area contributed by atoms with Crippen molar-refractivity contribution in [2.75, 3.05) is 0 Å². The zero-order valence-electron chi connectivity index (χ0n) is 8.99. The molecule has 4 atom stereocenters. The highest BCUT2D eigenvalue weighted by molar-refractivity contribution is 6.30.